The van der Waals surface area contributed by atoms with Gasteiger partial charge in [0.25, 0.3) is 0 Å². The van der Waals surface area contributed by atoms with Gasteiger partial charge in [0.05, 0.1) is 23.3 Å². The van der Waals surface area contributed by atoms with Gasteiger partial charge in [-0.25, -0.2) is 9.37 Å². The number of benzene rings is 1. The number of halogens is 1. The van der Waals surface area contributed by atoms with Crippen LogP contribution in [-0.2, 0) is 12.0 Å². The predicted molar refractivity (Wildman–Crippen MR) is 73.1 cm³/mol. The molecule has 0 saturated heterocycles. The standard InChI is InChI=1S/C14H16FNO2S/c1-9-8-19-12(16-9)7-14(2,17)13-10(15)5-4-6-11(13)18-3/h4-6,8,17H,7H2,1-3H3. The second-order valence-electron chi connectivity index (χ2n) is 4.65. The Labute approximate surface area is 115 Å². The van der Waals surface area contributed by atoms with E-state index in [1.54, 1.807) is 19.1 Å². The van der Waals surface area contributed by atoms with E-state index in [9.17, 15) is 9.50 Å². The zero-order chi connectivity index (χ0) is 14.0. The molecule has 1 aromatic carbocycles. The molecule has 3 nitrogen and oxygen atoms in total. The van der Waals surface area contributed by atoms with Gasteiger partial charge in [0.15, 0.2) is 0 Å². The Morgan fingerprint density at radius 2 is 2.21 bits per heavy atom. The molecule has 2 aromatic rings. The molecular formula is C14H16FNO2S. The summed E-state index contributed by atoms with van der Waals surface area (Å²) in [5.74, 6) is -0.129. The Kier molecular flexibility index (Phi) is 3.87. The van der Waals surface area contributed by atoms with Crippen molar-refractivity contribution < 1.29 is 14.2 Å². The predicted octanol–water partition coefficient (Wildman–Crippen LogP) is 3.05. The van der Waals surface area contributed by atoms with Gasteiger partial charge >= 0.3 is 0 Å². The largest absolute Gasteiger partial charge is 0.496 e. The number of hydrogen-bond donors (Lipinski definition) is 1. The van der Waals surface area contributed by atoms with Crippen molar-refractivity contribution in [3.05, 3.63) is 45.7 Å². The first-order chi connectivity index (χ1) is 8.94. The van der Waals surface area contributed by atoms with Crippen LogP contribution in [0.4, 0.5) is 4.39 Å². The third-order valence-corrected chi connectivity index (χ3v) is 3.86. The minimum Gasteiger partial charge on any atom is -0.496 e. The Hall–Kier alpha value is -1.46. The highest BCUT2D eigenvalue weighted by Crippen LogP contribution is 2.35. The van der Waals surface area contributed by atoms with Crippen LogP contribution in [0.1, 0.15) is 23.2 Å². The van der Waals surface area contributed by atoms with Gasteiger partial charge < -0.3 is 9.84 Å². The summed E-state index contributed by atoms with van der Waals surface area (Å²) in [5.41, 5.74) is -0.289. The van der Waals surface area contributed by atoms with Crippen molar-refractivity contribution in [1.29, 1.82) is 0 Å². The normalized spacial score (nSPS) is 14.2. The number of aliphatic hydroxyl groups is 1. The molecule has 0 aliphatic heterocycles. The van der Waals surface area contributed by atoms with Crippen LogP contribution in [0.15, 0.2) is 23.6 Å². The Morgan fingerprint density at radius 1 is 1.47 bits per heavy atom. The van der Waals surface area contributed by atoms with Crippen LogP contribution in [-0.4, -0.2) is 17.2 Å². The molecule has 1 unspecified atom stereocenters. The van der Waals surface area contributed by atoms with Crippen LogP contribution in [0.3, 0.4) is 0 Å². The smallest absolute Gasteiger partial charge is 0.133 e. The number of thiazole rings is 1. The second kappa shape index (κ2) is 5.27. The summed E-state index contributed by atoms with van der Waals surface area (Å²) in [7, 11) is 1.46. The van der Waals surface area contributed by atoms with E-state index >= 15 is 0 Å². The van der Waals surface area contributed by atoms with Crippen LogP contribution in [0, 0.1) is 12.7 Å². The molecule has 102 valence electrons. The first-order valence-electron chi connectivity index (χ1n) is 5.90. The molecular weight excluding hydrogens is 265 g/mol. The van der Waals surface area contributed by atoms with Crippen molar-refractivity contribution >= 4 is 11.3 Å². The minimum atomic E-state index is -1.36. The van der Waals surface area contributed by atoms with Crippen molar-refractivity contribution in [2.24, 2.45) is 0 Å². The van der Waals surface area contributed by atoms with Gasteiger partial charge in [-0.15, -0.1) is 11.3 Å². The average molecular weight is 281 g/mol. The van der Waals surface area contributed by atoms with E-state index in [0.717, 1.165) is 10.7 Å². The molecule has 19 heavy (non-hydrogen) atoms. The number of hydrogen-bond acceptors (Lipinski definition) is 4. The minimum absolute atomic E-state index is 0.172. The zero-order valence-electron chi connectivity index (χ0n) is 11.1. The van der Waals surface area contributed by atoms with Gasteiger partial charge in [-0.2, -0.15) is 0 Å². The van der Waals surface area contributed by atoms with Gasteiger partial charge in [-0.3, -0.25) is 0 Å². The van der Waals surface area contributed by atoms with Crippen molar-refractivity contribution in [2.45, 2.75) is 25.9 Å². The molecule has 5 heteroatoms. The number of ether oxygens (including phenoxy) is 1. The van der Waals surface area contributed by atoms with Crippen LogP contribution in [0.2, 0.25) is 0 Å². The molecule has 0 radical (unpaired) electrons. The summed E-state index contributed by atoms with van der Waals surface area (Å²) >= 11 is 1.46. The highest BCUT2D eigenvalue weighted by molar-refractivity contribution is 7.09. The number of aryl methyl sites for hydroxylation is 1. The summed E-state index contributed by atoms with van der Waals surface area (Å²) in [5, 5.41) is 13.3. The molecule has 0 aliphatic carbocycles. The Morgan fingerprint density at radius 3 is 2.79 bits per heavy atom. The first kappa shape index (κ1) is 14.0. The molecule has 0 aliphatic rings. The third-order valence-electron chi connectivity index (χ3n) is 2.90. The second-order valence-corrected chi connectivity index (χ2v) is 5.59. The molecule has 1 aromatic heterocycles. The molecule has 2 rings (SSSR count). The molecule has 0 amide bonds. The van der Waals surface area contributed by atoms with Gasteiger partial charge in [0, 0.05) is 17.5 Å². The lowest BCUT2D eigenvalue weighted by molar-refractivity contribution is 0.0509. The maximum atomic E-state index is 14.0. The van der Waals surface area contributed by atoms with Gasteiger partial charge in [0.1, 0.15) is 11.6 Å². The molecule has 0 bridgehead atoms. The van der Waals surface area contributed by atoms with Crippen LogP contribution in [0.25, 0.3) is 0 Å². The highest BCUT2D eigenvalue weighted by Gasteiger charge is 2.31. The monoisotopic (exact) mass is 281 g/mol. The van der Waals surface area contributed by atoms with Crippen molar-refractivity contribution in [3.63, 3.8) is 0 Å². The fourth-order valence-electron chi connectivity index (χ4n) is 2.06. The molecule has 1 heterocycles. The third kappa shape index (κ3) is 2.93. The summed E-state index contributed by atoms with van der Waals surface area (Å²) in [6, 6.07) is 4.51. The number of aromatic nitrogens is 1. The molecule has 0 saturated carbocycles. The quantitative estimate of drug-likeness (QED) is 0.936. The van der Waals surface area contributed by atoms with E-state index in [0.29, 0.717) is 5.75 Å². The lowest BCUT2D eigenvalue weighted by Gasteiger charge is -2.25. The summed E-state index contributed by atoms with van der Waals surface area (Å²) in [6.07, 6.45) is 0.253. The van der Waals surface area contributed by atoms with Crippen LogP contribution >= 0.6 is 11.3 Å². The maximum Gasteiger partial charge on any atom is 0.133 e. The van der Waals surface area contributed by atoms with E-state index < -0.39 is 11.4 Å². The van der Waals surface area contributed by atoms with Crippen molar-refractivity contribution in [2.75, 3.05) is 7.11 Å². The lowest BCUT2D eigenvalue weighted by Crippen LogP contribution is -2.26. The van der Waals surface area contributed by atoms with Gasteiger partial charge in [0.2, 0.25) is 0 Å². The SMILES string of the molecule is COc1cccc(F)c1C(C)(O)Cc1nc(C)cs1. The van der Waals surface area contributed by atoms with E-state index in [1.165, 1.54) is 24.5 Å². The van der Waals surface area contributed by atoms with Crippen molar-refractivity contribution in [3.8, 4) is 5.75 Å². The van der Waals surface area contributed by atoms with E-state index in [1.807, 2.05) is 12.3 Å². The van der Waals surface area contributed by atoms with Gasteiger partial charge in [-0.1, -0.05) is 6.07 Å². The van der Waals surface area contributed by atoms with Crippen molar-refractivity contribution in [1.82, 2.24) is 4.98 Å². The van der Waals surface area contributed by atoms with Crippen LogP contribution in [0.5, 0.6) is 5.75 Å². The zero-order valence-corrected chi connectivity index (χ0v) is 11.9. The summed E-state index contributed by atoms with van der Waals surface area (Å²) in [4.78, 5) is 4.30. The van der Waals surface area contributed by atoms with E-state index in [-0.39, 0.29) is 12.0 Å². The van der Waals surface area contributed by atoms with Crippen LogP contribution < -0.4 is 4.74 Å². The summed E-state index contributed by atoms with van der Waals surface area (Å²) < 4.78 is 19.1. The molecule has 0 spiro atoms. The number of nitrogens with zero attached hydrogens (tertiary/aromatic N) is 1. The highest BCUT2D eigenvalue weighted by atomic mass is 32.1. The average Bonchev–Trinajstić information content (AvgIpc) is 2.73. The Bertz CT molecular complexity index is 581. The first-order valence-corrected chi connectivity index (χ1v) is 6.78. The van der Waals surface area contributed by atoms with E-state index in [4.69, 9.17) is 4.74 Å². The number of rotatable bonds is 4. The molecule has 0 fully saturated rings. The number of methoxy groups -OCH3 is 1. The summed E-state index contributed by atoms with van der Waals surface area (Å²) in [6.45, 7) is 3.46. The molecule has 1 atom stereocenters. The maximum absolute atomic E-state index is 14.0. The Balaban J connectivity index is 2.38. The lowest BCUT2D eigenvalue weighted by atomic mass is 9.91. The fraction of sp³-hybridized carbons (Fsp3) is 0.357. The van der Waals surface area contributed by atoms with E-state index in [2.05, 4.69) is 4.98 Å². The fourth-order valence-corrected chi connectivity index (χ4v) is 2.98. The van der Waals surface area contributed by atoms with Gasteiger partial charge in [-0.05, 0) is 26.0 Å². The topological polar surface area (TPSA) is 42.4 Å². The molecule has 1 N–H and O–H groups in total.